The molecule has 1 fully saturated rings. The van der Waals surface area contributed by atoms with Crippen molar-refractivity contribution in [3.8, 4) is 0 Å². The molecular weight excluding hydrogens is 236 g/mol. The fourth-order valence-corrected chi connectivity index (χ4v) is 2.51. The van der Waals surface area contributed by atoms with E-state index in [-0.39, 0.29) is 5.54 Å². The number of carboxylic acid groups (broad SMARTS) is 1. The molecule has 1 heterocycles. The Morgan fingerprint density at radius 1 is 1.53 bits per heavy atom. The van der Waals surface area contributed by atoms with Gasteiger partial charge in [0, 0.05) is 18.0 Å². The summed E-state index contributed by atoms with van der Waals surface area (Å²) in [6.07, 6.45) is 2.16. The summed E-state index contributed by atoms with van der Waals surface area (Å²) in [5, 5.41) is 13.3. The number of thiazole rings is 1. The van der Waals surface area contributed by atoms with Crippen molar-refractivity contribution in [2.75, 3.05) is 0 Å². The monoisotopic (exact) mass is 254 g/mol. The fourth-order valence-electron chi connectivity index (χ4n) is 1.58. The number of nitrogens with one attached hydrogen (secondary N) is 1. The highest BCUT2D eigenvalue weighted by molar-refractivity contribution is 7.13. The van der Waals surface area contributed by atoms with Crippen molar-refractivity contribution in [2.24, 2.45) is 0 Å². The van der Waals surface area contributed by atoms with Gasteiger partial charge in [-0.2, -0.15) is 0 Å². The van der Waals surface area contributed by atoms with Gasteiger partial charge >= 0.3 is 5.97 Å². The summed E-state index contributed by atoms with van der Waals surface area (Å²) in [6, 6.07) is 0. The molecule has 2 rings (SSSR count). The predicted molar refractivity (Wildman–Crippen MR) is 67.6 cm³/mol. The van der Waals surface area contributed by atoms with Crippen LogP contribution in [0.2, 0.25) is 0 Å². The maximum atomic E-state index is 11.1. The van der Waals surface area contributed by atoms with Crippen molar-refractivity contribution >= 4 is 17.3 Å². The molecular formula is C12H18N2O2S. The molecule has 17 heavy (non-hydrogen) atoms. The van der Waals surface area contributed by atoms with Crippen molar-refractivity contribution in [3.05, 3.63) is 15.6 Å². The number of hydrogen-bond donors (Lipinski definition) is 2. The average molecular weight is 254 g/mol. The van der Waals surface area contributed by atoms with Gasteiger partial charge < -0.3 is 10.4 Å². The van der Waals surface area contributed by atoms with Crippen LogP contribution in [0.3, 0.4) is 0 Å². The quantitative estimate of drug-likeness (QED) is 0.867. The van der Waals surface area contributed by atoms with Gasteiger partial charge in [-0.1, -0.05) is 0 Å². The number of hydrogen-bond acceptors (Lipinski definition) is 4. The van der Waals surface area contributed by atoms with Gasteiger partial charge in [-0.05, 0) is 33.6 Å². The van der Waals surface area contributed by atoms with Crippen LogP contribution in [-0.2, 0) is 6.54 Å². The van der Waals surface area contributed by atoms with E-state index in [1.807, 2.05) is 0 Å². The maximum Gasteiger partial charge on any atom is 0.347 e. The van der Waals surface area contributed by atoms with Gasteiger partial charge in [-0.3, -0.25) is 0 Å². The summed E-state index contributed by atoms with van der Waals surface area (Å²) in [7, 11) is 0. The van der Waals surface area contributed by atoms with Gasteiger partial charge in [-0.15, -0.1) is 11.3 Å². The third-order valence-electron chi connectivity index (χ3n) is 2.63. The minimum Gasteiger partial charge on any atom is -0.477 e. The highest BCUT2D eigenvalue weighted by Crippen LogP contribution is 2.42. The summed E-state index contributed by atoms with van der Waals surface area (Å²) in [5.74, 6) is -0.452. The highest BCUT2D eigenvalue weighted by Gasteiger charge is 2.32. The Labute approximate surface area is 105 Å². The van der Waals surface area contributed by atoms with Crippen LogP contribution in [0.25, 0.3) is 0 Å². The van der Waals surface area contributed by atoms with Crippen LogP contribution in [0.1, 0.15) is 59.9 Å². The normalized spacial score (nSPS) is 16.2. The van der Waals surface area contributed by atoms with Crippen molar-refractivity contribution in [1.29, 1.82) is 0 Å². The molecule has 1 aliphatic carbocycles. The van der Waals surface area contributed by atoms with Crippen molar-refractivity contribution in [3.63, 3.8) is 0 Å². The lowest BCUT2D eigenvalue weighted by Gasteiger charge is -2.19. The summed E-state index contributed by atoms with van der Waals surface area (Å²) in [6.45, 7) is 6.89. The molecule has 0 spiro atoms. The second kappa shape index (κ2) is 4.38. The van der Waals surface area contributed by atoms with E-state index in [1.54, 1.807) is 0 Å². The van der Waals surface area contributed by atoms with Gasteiger partial charge in [0.25, 0.3) is 0 Å². The zero-order valence-corrected chi connectivity index (χ0v) is 11.2. The minimum atomic E-state index is -0.841. The first-order valence-corrected chi connectivity index (χ1v) is 6.66. The SMILES string of the molecule is CC(C)(C)NCc1nc(C2CC2)c(C(=O)O)s1. The zero-order chi connectivity index (χ0) is 12.6. The summed E-state index contributed by atoms with van der Waals surface area (Å²) in [5.41, 5.74) is 0.822. The number of rotatable bonds is 4. The predicted octanol–water partition coefficient (Wildman–Crippen LogP) is 2.61. The van der Waals surface area contributed by atoms with E-state index in [4.69, 9.17) is 5.11 Å². The number of carboxylic acids is 1. The van der Waals surface area contributed by atoms with E-state index >= 15 is 0 Å². The largest absolute Gasteiger partial charge is 0.477 e. The van der Waals surface area contributed by atoms with Crippen molar-refractivity contribution in [1.82, 2.24) is 10.3 Å². The number of aromatic nitrogens is 1. The lowest BCUT2D eigenvalue weighted by Crippen LogP contribution is -2.35. The second-order valence-electron chi connectivity index (χ2n) is 5.50. The van der Waals surface area contributed by atoms with E-state index in [1.165, 1.54) is 11.3 Å². The topological polar surface area (TPSA) is 62.2 Å². The van der Waals surface area contributed by atoms with Crippen LogP contribution >= 0.6 is 11.3 Å². The molecule has 0 unspecified atom stereocenters. The maximum absolute atomic E-state index is 11.1. The summed E-state index contributed by atoms with van der Waals surface area (Å²) in [4.78, 5) is 16.0. The Bertz CT molecular complexity index is 430. The van der Waals surface area contributed by atoms with Gasteiger partial charge in [0.2, 0.25) is 0 Å². The number of nitrogens with zero attached hydrogens (tertiary/aromatic N) is 1. The molecule has 5 heteroatoms. The molecule has 0 saturated heterocycles. The first kappa shape index (κ1) is 12.5. The van der Waals surface area contributed by atoms with Crippen molar-refractivity contribution < 1.29 is 9.90 Å². The Morgan fingerprint density at radius 3 is 2.65 bits per heavy atom. The van der Waals surface area contributed by atoms with E-state index in [0.717, 1.165) is 23.5 Å². The second-order valence-corrected chi connectivity index (χ2v) is 6.59. The first-order valence-electron chi connectivity index (χ1n) is 5.85. The minimum absolute atomic E-state index is 0.0226. The first-order chi connectivity index (χ1) is 7.87. The third kappa shape index (κ3) is 3.26. The van der Waals surface area contributed by atoms with E-state index in [2.05, 4.69) is 31.1 Å². The van der Waals surface area contributed by atoms with Gasteiger partial charge in [-0.25, -0.2) is 9.78 Å². The van der Waals surface area contributed by atoms with Crippen LogP contribution in [0.4, 0.5) is 0 Å². The molecule has 94 valence electrons. The molecule has 1 aliphatic rings. The van der Waals surface area contributed by atoms with Crippen LogP contribution in [-0.4, -0.2) is 21.6 Å². The molecule has 0 aliphatic heterocycles. The van der Waals surface area contributed by atoms with Gasteiger partial charge in [0.1, 0.15) is 9.88 Å². The molecule has 0 amide bonds. The molecule has 0 atom stereocenters. The van der Waals surface area contributed by atoms with E-state index < -0.39 is 5.97 Å². The van der Waals surface area contributed by atoms with Crippen LogP contribution < -0.4 is 5.32 Å². The van der Waals surface area contributed by atoms with Crippen LogP contribution in [0.15, 0.2) is 0 Å². The van der Waals surface area contributed by atoms with Crippen molar-refractivity contribution in [2.45, 2.75) is 51.6 Å². The Hall–Kier alpha value is -0.940. The fraction of sp³-hybridized carbons (Fsp3) is 0.667. The van der Waals surface area contributed by atoms with E-state index in [0.29, 0.717) is 17.3 Å². The molecule has 4 nitrogen and oxygen atoms in total. The molecule has 0 bridgehead atoms. The van der Waals surface area contributed by atoms with Crippen LogP contribution in [0, 0.1) is 0 Å². The molecule has 1 aromatic heterocycles. The average Bonchev–Trinajstić information content (AvgIpc) is 2.94. The summed E-state index contributed by atoms with van der Waals surface area (Å²) < 4.78 is 0. The third-order valence-corrected chi connectivity index (χ3v) is 3.69. The Balaban J connectivity index is 2.13. The number of aromatic carboxylic acids is 1. The standard InChI is InChI=1S/C12H18N2O2S/c1-12(2,3)13-6-8-14-9(7-4-5-7)10(17-8)11(15)16/h7,13H,4-6H2,1-3H3,(H,15,16). The van der Waals surface area contributed by atoms with Gasteiger partial charge in [0.05, 0.1) is 5.69 Å². The van der Waals surface area contributed by atoms with E-state index in [9.17, 15) is 4.79 Å². The highest BCUT2D eigenvalue weighted by atomic mass is 32.1. The molecule has 1 aromatic rings. The summed E-state index contributed by atoms with van der Waals surface area (Å²) >= 11 is 1.30. The Morgan fingerprint density at radius 2 is 2.18 bits per heavy atom. The zero-order valence-electron chi connectivity index (χ0n) is 10.4. The van der Waals surface area contributed by atoms with Gasteiger partial charge in [0.15, 0.2) is 0 Å². The lowest BCUT2D eigenvalue weighted by molar-refractivity contribution is 0.0700. The van der Waals surface area contributed by atoms with Crippen LogP contribution in [0.5, 0.6) is 0 Å². The molecule has 0 aromatic carbocycles. The number of carbonyl (C=O) groups is 1. The molecule has 0 radical (unpaired) electrons. The Kier molecular flexibility index (Phi) is 3.23. The smallest absolute Gasteiger partial charge is 0.347 e. The molecule has 1 saturated carbocycles. The molecule has 2 N–H and O–H groups in total. The lowest BCUT2D eigenvalue weighted by atomic mass is 10.1.